The number of hydrogen-bond donors (Lipinski definition) is 2. The molecule has 1 aromatic heterocycles. The number of rotatable bonds is 3. The molecule has 0 fully saturated rings. The van der Waals surface area contributed by atoms with Crippen LogP contribution in [-0.2, 0) is 13.0 Å². The van der Waals surface area contributed by atoms with Crippen LogP contribution in [0.25, 0.3) is 11.4 Å². The molecule has 0 amide bonds. The first-order valence-electron chi connectivity index (χ1n) is 6.84. The quantitative estimate of drug-likeness (QED) is 0.850. The minimum atomic E-state index is -0.00138. The highest BCUT2D eigenvalue weighted by molar-refractivity contribution is 7.99. The first kappa shape index (κ1) is 13.4. The van der Waals surface area contributed by atoms with Gasteiger partial charge in [0.1, 0.15) is 5.82 Å². The van der Waals surface area contributed by atoms with Crippen molar-refractivity contribution in [3.63, 3.8) is 0 Å². The summed E-state index contributed by atoms with van der Waals surface area (Å²) in [6.45, 7) is 3.66. The van der Waals surface area contributed by atoms with Gasteiger partial charge in [0.2, 0.25) is 0 Å². The minimum absolute atomic E-state index is 0.00138. The third-order valence-electron chi connectivity index (χ3n) is 3.38. The van der Waals surface area contributed by atoms with Gasteiger partial charge in [-0.05, 0) is 30.9 Å². The molecule has 0 bridgehead atoms. The fraction of sp³-hybridized carbons (Fsp3) is 0.333. The van der Waals surface area contributed by atoms with Gasteiger partial charge in [0.05, 0.1) is 5.69 Å². The van der Waals surface area contributed by atoms with E-state index in [0.29, 0.717) is 12.4 Å². The van der Waals surface area contributed by atoms with Crippen molar-refractivity contribution < 1.29 is 0 Å². The van der Waals surface area contributed by atoms with E-state index >= 15 is 0 Å². The Morgan fingerprint density at radius 1 is 1.30 bits per heavy atom. The summed E-state index contributed by atoms with van der Waals surface area (Å²) < 4.78 is 0. The van der Waals surface area contributed by atoms with E-state index in [9.17, 15) is 4.79 Å². The van der Waals surface area contributed by atoms with Gasteiger partial charge in [-0.2, -0.15) is 0 Å². The van der Waals surface area contributed by atoms with E-state index in [1.165, 1.54) is 4.90 Å². The molecule has 2 aromatic rings. The third-order valence-corrected chi connectivity index (χ3v) is 4.28. The highest BCUT2D eigenvalue weighted by Crippen LogP contribution is 2.22. The van der Waals surface area contributed by atoms with E-state index in [0.717, 1.165) is 35.5 Å². The molecule has 2 N–H and O–H groups in total. The summed E-state index contributed by atoms with van der Waals surface area (Å²) in [4.78, 5) is 20.8. The molecule has 0 unspecified atom stereocenters. The van der Waals surface area contributed by atoms with Crippen LogP contribution in [0.2, 0.25) is 0 Å². The summed E-state index contributed by atoms with van der Waals surface area (Å²) in [5, 5.41) is 3.25. The van der Waals surface area contributed by atoms with Crippen molar-refractivity contribution in [3.05, 3.63) is 45.9 Å². The van der Waals surface area contributed by atoms with Crippen molar-refractivity contribution >= 4 is 11.8 Å². The van der Waals surface area contributed by atoms with Crippen LogP contribution in [0.5, 0.6) is 0 Å². The van der Waals surface area contributed by atoms with Crippen LogP contribution < -0.4 is 10.9 Å². The van der Waals surface area contributed by atoms with Gasteiger partial charge < -0.3 is 10.3 Å². The predicted octanol–water partition coefficient (Wildman–Crippen LogP) is 2.19. The number of fused-ring (bicyclic) bond motifs is 1. The zero-order chi connectivity index (χ0) is 13.9. The Hall–Kier alpha value is -1.59. The minimum Gasteiger partial charge on any atom is -0.311 e. The van der Waals surface area contributed by atoms with E-state index in [1.807, 2.05) is 12.1 Å². The smallest absolute Gasteiger partial charge is 0.254 e. The third kappa shape index (κ3) is 2.64. The molecule has 0 radical (unpaired) electrons. The van der Waals surface area contributed by atoms with Crippen LogP contribution in [0.3, 0.4) is 0 Å². The molecule has 0 atom stereocenters. The summed E-state index contributed by atoms with van der Waals surface area (Å²) in [6, 6.07) is 8.17. The van der Waals surface area contributed by atoms with Crippen LogP contribution in [0.1, 0.15) is 18.2 Å². The Morgan fingerprint density at radius 3 is 2.85 bits per heavy atom. The molecule has 1 aromatic carbocycles. The Kier molecular flexibility index (Phi) is 3.89. The van der Waals surface area contributed by atoms with Crippen molar-refractivity contribution in [2.75, 3.05) is 12.3 Å². The van der Waals surface area contributed by atoms with Crippen molar-refractivity contribution in [2.45, 2.75) is 24.8 Å². The maximum Gasteiger partial charge on any atom is 0.254 e. The van der Waals surface area contributed by atoms with Crippen LogP contribution >= 0.6 is 11.8 Å². The van der Waals surface area contributed by atoms with Gasteiger partial charge in [-0.15, -0.1) is 11.8 Å². The molecule has 20 heavy (non-hydrogen) atoms. The van der Waals surface area contributed by atoms with E-state index < -0.39 is 0 Å². The van der Waals surface area contributed by atoms with E-state index in [2.05, 4.69) is 34.3 Å². The highest BCUT2D eigenvalue weighted by Gasteiger charge is 2.15. The number of nitrogens with zero attached hydrogens (tertiary/aromatic N) is 1. The molecule has 2 heterocycles. The molecule has 0 aliphatic carbocycles. The fourth-order valence-electron chi connectivity index (χ4n) is 2.38. The second kappa shape index (κ2) is 5.81. The monoisotopic (exact) mass is 287 g/mol. The molecule has 1 aliphatic heterocycles. The number of aromatic nitrogens is 2. The number of nitrogens with one attached hydrogen (secondary N) is 2. The van der Waals surface area contributed by atoms with Gasteiger partial charge in [-0.25, -0.2) is 4.98 Å². The molecule has 0 spiro atoms. The molecule has 0 saturated carbocycles. The van der Waals surface area contributed by atoms with Gasteiger partial charge in [0.15, 0.2) is 0 Å². The number of hydrogen-bond acceptors (Lipinski definition) is 4. The average Bonchev–Trinajstić information content (AvgIpc) is 2.48. The topological polar surface area (TPSA) is 57.8 Å². The van der Waals surface area contributed by atoms with Gasteiger partial charge in [-0.3, -0.25) is 4.79 Å². The lowest BCUT2D eigenvalue weighted by molar-refractivity contribution is 0.619. The molecule has 5 heteroatoms. The Labute approximate surface area is 122 Å². The molecule has 104 valence electrons. The molecule has 4 nitrogen and oxygen atoms in total. The Morgan fingerprint density at radius 2 is 2.10 bits per heavy atom. The SMILES string of the molecule is CCSc1ccc(-c2nc3c(c(=O)[nH]2)CCNC3)cc1. The Bertz CT molecular complexity index is 664. The second-order valence-electron chi connectivity index (χ2n) is 4.72. The number of benzene rings is 1. The average molecular weight is 287 g/mol. The first-order chi connectivity index (χ1) is 9.78. The zero-order valence-electron chi connectivity index (χ0n) is 11.4. The highest BCUT2D eigenvalue weighted by atomic mass is 32.2. The molecular weight excluding hydrogens is 270 g/mol. The van der Waals surface area contributed by atoms with Gasteiger partial charge in [-0.1, -0.05) is 19.1 Å². The van der Waals surface area contributed by atoms with Crippen molar-refractivity contribution in [1.29, 1.82) is 0 Å². The fourth-order valence-corrected chi connectivity index (χ4v) is 3.04. The van der Waals surface area contributed by atoms with E-state index in [1.54, 1.807) is 11.8 Å². The standard InChI is InChI=1S/C15H17N3OS/c1-2-20-11-5-3-10(4-6-11)14-17-13-9-16-8-7-12(13)15(19)18-14/h3-6,16H,2,7-9H2,1H3,(H,17,18,19). The van der Waals surface area contributed by atoms with Crippen LogP contribution in [-0.4, -0.2) is 22.3 Å². The maximum absolute atomic E-state index is 12.1. The van der Waals surface area contributed by atoms with Gasteiger partial charge in [0.25, 0.3) is 5.56 Å². The van der Waals surface area contributed by atoms with Crippen molar-refractivity contribution in [2.24, 2.45) is 0 Å². The van der Waals surface area contributed by atoms with Crippen molar-refractivity contribution in [3.8, 4) is 11.4 Å². The number of thioether (sulfide) groups is 1. The maximum atomic E-state index is 12.1. The van der Waals surface area contributed by atoms with Gasteiger partial charge in [0, 0.05) is 22.6 Å². The first-order valence-corrected chi connectivity index (χ1v) is 7.82. The largest absolute Gasteiger partial charge is 0.311 e. The normalized spacial score (nSPS) is 14.1. The summed E-state index contributed by atoms with van der Waals surface area (Å²) in [5.41, 5.74) is 2.65. The molecule has 0 saturated heterocycles. The zero-order valence-corrected chi connectivity index (χ0v) is 12.2. The van der Waals surface area contributed by atoms with Crippen molar-refractivity contribution in [1.82, 2.24) is 15.3 Å². The predicted molar refractivity (Wildman–Crippen MR) is 82.1 cm³/mol. The van der Waals surface area contributed by atoms with Crippen LogP contribution in [0, 0.1) is 0 Å². The van der Waals surface area contributed by atoms with Crippen LogP contribution in [0.4, 0.5) is 0 Å². The number of H-pyrrole nitrogens is 1. The molecular formula is C15H17N3OS. The Balaban J connectivity index is 1.97. The lowest BCUT2D eigenvalue weighted by Gasteiger charge is -2.16. The van der Waals surface area contributed by atoms with Crippen LogP contribution in [0.15, 0.2) is 34.0 Å². The lowest BCUT2D eigenvalue weighted by Crippen LogP contribution is -2.31. The number of aromatic amines is 1. The van der Waals surface area contributed by atoms with Gasteiger partial charge >= 0.3 is 0 Å². The molecule has 1 aliphatic rings. The lowest BCUT2D eigenvalue weighted by atomic mass is 10.1. The van der Waals surface area contributed by atoms with E-state index in [-0.39, 0.29) is 5.56 Å². The summed E-state index contributed by atoms with van der Waals surface area (Å²) in [7, 11) is 0. The van der Waals surface area contributed by atoms with E-state index in [4.69, 9.17) is 0 Å². The molecule has 3 rings (SSSR count). The summed E-state index contributed by atoms with van der Waals surface area (Å²) in [5.74, 6) is 1.71. The summed E-state index contributed by atoms with van der Waals surface area (Å²) in [6.07, 6.45) is 0.754. The summed E-state index contributed by atoms with van der Waals surface area (Å²) >= 11 is 1.80. The second-order valence-corrected chi connectivity index (χ2v) is 6.06.